The van der Waals surface area contributed by atoms with Crippen molar-refractivity contribution >= 4 is 11.7 Å². The highest BCUT2D eigenvalue weighted by atomic mass is 19.1. The maximum atomic E-state index is 13.0. The number of hydrogen-bond donors (Lipinski definition) is 1. The summed E-state index contributed by atoms with van der Waals surface area (Å²) >= 11 is 0. The number of anilines is 1. The third-order valence-electron chi connectivity index (χ3n) is 2.96. The van der Waals surface area contributed by atoms with Crippen LogP contribution in [0.2, 0.25) is 0 Å². The number of rotatable bonds is 5. The van der Waals surface area contributed by atoms with Gasteiger partial charge in [0.1, 0.15) is 11.6 Å². The van der Waals surface area contributed by atoms with Crippen molar-refractivity contribution in [3.8, 4) is 0 Å². The molecule has 1 N–H and O–H groups in total. The molecule has 0 spiro atoms. The monoisotopic (exact) mass is 275 g/mol. The number of aromatic nitrogens is 2. The molecule has 2 rings (SSSR count). The molecule has 0 atom stereocenters. The van der Waals surface area contributed by atoms with Crippen LogP contribution in [0.1, 0.15) is 31.9 Å². The third-order valence-corrected chi connectivity index (χ3v) is 2.96. The van der Waals surface area contributed by atoms with Crippen LogP contribution in [0.5, 0.6) is 0 Å². The molecule has 1 heterocycles. The molecule has 2 aromatic rings. The van der Waals surface area contributed by atoms with E-state index >= 15 is 0 Å². The third kappa shape index (κ3) is 3.66. The summed E-state index contributed by atoms with van der Waals surface area (Å²) in [5.74, 6) is 0.307. The van der Waals surface area contributed by atoms with Gasteiger partial charge in [-0.2, -0.15) is 5.10 Å². The zero-order valence-electron chi connectivity index (χ0n) is 11.6. The molecule has 0 saturated carbocycles. The number of carbonyl (C=O) groups excluding carboxylic acids is 1. The van der Waals surface area contributed by atoms with Crippen LogP contribution >= 0.6 is 0 Å². The van der Waals surface area contributed by atoms with Crippen LogP contribution < -0.4 is 5.32 Å². The zero-order chi connectivity index (χ0) is 14.5. The molecule has 1 amide bonds. The Bertz CT molecular complexity index is 592. The molecule has 0 aliphatic heterocycles. The van der Waals surface area contributed by atoms with Gasteiger partial charge >= 0.3 is 0 Å². The number of aryl methyl sites for hydroxylation is 1. The second-order valence-corrected chi connectivity index (χ2v) is 4.93. The molecule has 0 radical (unpaired) electrons. The van der Waals surface area contributed by atoms with Crippen LogP contribution in [0.3, 0.4) is 0 Å². The van der Waals surface area contributed by atoms with Gasteiger partial charge in [0.2, 0.25) is 5.91 Å². The van der Waals surface area contributed by atoms with E-state index < -0.39 is 0 Å². The SMILES string of the molecule is CC(C)n1nccc1NC(=O)CCc1cccc(F)c1. The fourth-order valence-electron chi connectivity index (χ4n) is 1.98. The molecule has 0 bridgehead atoms. The Labute approximate surface area is 117 Å². The van der Waals surface area contributed by atoms with E-state index in [-0.39, 0.29) is 17.8 Å². The Balaban J connectivity index is 1.91. The molecule has 5 heteroatoms. The number of hydrogen-bond acceptors (Lipinski definition) is 2. The van der Waals surface area contributed by atoms with Gasteiger partial charge < -0.3 is 5.32 Å². The highest BCUT2D eigenvalue weighted by Gasteiger charge is 2.09. The van der Waals surface area contributed by atoms with Crippen molar-refractivity contribution in [1.82, 2.24) is 9.78 Å². The summed E-state index contributed by atoms with van der Waals surface area (Å²) in [6.07, 6.45) is 2.48. The molecule has 106 valence electrons. The molecular formula is C15H18FN3O. The normalized spacial score (nSPS) is 10.8. The van der Waals surface area contributed by atoms with Gasteiger partial charge in [0.15, 0.2) is 0 Å². The molecule has 0 aliphatic carbocycles. The van der Waals surface area contributed by atoms with Gasteiger partial charge in [-0.05, 0) is 38.0 Å². The standard InChI is InChI=1S/C15H18FN3O/c1-11(2)19-14(8-9-17-19)18-15(20)7-6-12-4-3-5-13(16)10-12/h3-5,8-11H,6-7H2,1-2H3,(H,18,20). The molecule has 0 unspecified atom stereocenters. The van der Waals surface area contributed by atoms with Crippen molar-refractivity contribution in [1.29, 1.82) is 0 Å². The van der Waals surface area contributed by atoms with Crippen molar-refractivity contribution in [3.63, 3.8) is 0 Å². The Morgan fingerprint density at radius 3 is 2.90 bits per heavy atom. The average Bonchev–Trinajstić information content (AvgIpc) is 2.85. The highest BCUT2D eigenvalue weighted by Crippen LogP contribution is 2.14. The van der Waals surface area contributed by atoms with Crippen LogP contribution in [0, 0.1) is 5.82 Å². The number of halogens is 1. The molecular weight excluding hydrogens is 257 g/mol. The Hall–Kier alpha value is -2.17. The number of amides is 1. The van der Waals surface area contributed by atoms with Crippen molar-refractivity contribution in [2.45, 2.75) is 32.7 Å². The summed E-state index contributed by atoms with van der Waals surface area (Å²) in [7, 11) is 0. The summed E-state index contributed by atoms with van der Waals surface area (Å²) in [5.41, 5.74) is 0.817. The van der Waals surface area contributed by atoms with E-state index in [1.807, 2.05) is 19.9 Å². The predicted molar refractivity (Wildman–Crippen MR) is 76.0 cm³/mol. The summed E-state index contributed by atoms with van der Waals surface area (Å²) in [6.45, 7) is 3.99. The minimum atomic E-state index is -0.277. The van der Waals surface area contributed by atoms with Gasteiger partial charge in [-0.15, -0.1) is 0 Å². The Kier molecular flexibility index (Phi) is 4.50. The lowest BCUT2D eigenvalue weighted by molar-refractivity contribution is -0.116. The molecule has 0 saturated heterocycles. The van der Waals surface area contributed by atoms with Gasteiger partial charge in [-0.1, -0.05) is 12.1 Å². The van der Waals surface area contributed by atoms with E-state index in [1.54, 1.807) is 23.0 Å². The van der Waals surface area contributed by atoms with E-state index in [4.69, 9.17) is 0 Å². The number of nitrogens with zero attached hydrogens (tertiary/aromatic N) is 2. The molecule has 20 heavy (non-hydrogen) atoms. The second kappa shape index (κ2) is 6.32. The largest absolute Gasteiger partial charge is 0.311 e. The van der Waals surface area contributed by atoms with Crippen LogP contribution in [0.25, 0.3) is 0 Å². The molecule has 1 aromatic heterocycles. The Morgan fingerprint density at radius 2 is 2.20 bits per heavy atom. The quantitative estimate of drug-likeness (QED) is 0.911. The number of benzene rings is 1. The van der Waals surface area contributed by atoms with Gasteiger partial charge in [0.05, 0.1) is 6.20 Å². The lowest BCUT2D eigenvalue weighted by Gasteiger charge is -2.11. The summed E-state index contributed by atoms with van der Waals surface area (Å²) < 4.78 is 14.8. The number of nitrogens with one attached hydrogen (secondary N) is 1. The first kappa shape index (κ1) is 14.2. The van der Waals surface area contributed by atoms with Crippen LogP contribution in [0.4, 0.5) is 10.2 Å². The first-order chi connectivity index (χ1) is 9.56. The van der Waals surface area contributed by atoms with Gasteiger partial charge in [-0.25, -0.2) is 9.07 Å². The first-order valence-corrected chi connectivity index (χ1v) is 6.64. The summed E-state index contributed by atoms with van der Waals surface area (Å²) in [4.78, 5) is 11.9. The van der Waals surface area contributed by atoms with E-state index in [2.05, 4.69) is 10.4 Å². The van der Waals surface area contributed by atoms with Crippen molar-refractivity contribution in [3.05, 3.63) is 47.9 Å². The molecule has 4 nitrogen and oxygen atoms in total. The molecule has 1 aromatic carbocycles. The summed E-state index contributed by atoms with van der Waals surface area (Å²) in [6, 6.07) is 8.25. The fraction of sp³-hybridized carbons (Fsp3) is 0.333. The lowest BCUT2D eigenvalue weighted by Crippen LogP contribution is -2.17. The maximum Gasteiger partial charge on any atom is 0.225 e. The highest BCUT2D eigenvalue weighted by molar-refractivity contribution is 5.89. The van der Waals surface area contributed by atoms with E-state index in [9.17, 15) is 9.18 Å². The van der Waals surface area contributed by atoms with Gasteiger partial charge in [0.25, 0.3) is 0 Å². The maximum absolute atomic E-state index is 13.0. The summed E-state index contributed by atoms with van der Waals surface area (Å²) in [5, 5.41) is 6.98. The van der Waals surface area contributed by atoms with Gasteiger partial charge in [0, 0.05) is 18.5 Å². The van der Waals surface area contributed by atoms with Crippen molar-refractivity contribution < 1.29 is 9.18 Å². The topological polar surface area (TPSA) is 46.9 Å². The predicted octanol–water partition coefficient (Wildman–Crippen LogP) is 3.17. The van der Waals surface area contributed by atoms with E-state index in [1.165, 1.54) is 12.1 Å². The minimum absolute atomic E-state index is 0.100. The Morgan fingerprint density at radius 1 is 1.40 bits per heavy atom. The van der Waals surface area contributed by atoms with Crippen LogP contribution in [0.15, 0.2) is 36.5 Å². The van der Waals surface area contributed by atoms with E-state index in [0.717, 1.165) is 5.56 Å². The lowest BCUT2D eigenvalue weighted by atomic mass is 10.1. The first-order valence-electron chi connectivity index (χ1n) is 6.64. The molecule has 0 aliphatic rings. The fourth-order valence-corrected chi connectivity index (χ4v) is 1.98. The second-order valence-electron chi connectivity index (χ2n) is 4.93. The minimum Gasteiger partial charge on any atom is -0.311 e. The van der Waals surface area contributed by atoms with Crippen molar-refractivity contribution in [2.24, 2.45) is 0 Å². The van der Waals surface area contributed by atoms with E-state index in [0.29, 0.717) is 18.7 Å². The van der Waals surface area contributed by atoms with Crippen LogP contribution in [-0.4, -0.2) is 15.7 Å². The zero-order valence-corrected chi connectivity index (χ0v) is 11.6. The van der Waals surface area contributed by atoms with Crippen molar-refractivity contribution in [2.75, 3.05) is 5.32 Å². The van der Waals surface area contributed by atoms with Crippen LogP contribution in [-0.2, 0) is 11.2 Å². The molecule has 0 fully saturated rings. The number of carbonyl (C=O) groups is 1. The smallest absolute Gasteiger partial charge is 0.225 e. The average molecular weight is 275 g/mol. The van der Waals surface area contributed by atoms with Gasteiger partial charge in [-0.3, -0.25) is 4.79 Å².